The highest BCUT2D eigenvalue weighted by Crippen LogP contribution is 2.32. The normalized spacial score (nSPS) is 17.7. The molecule has 4 heterocycles. The number of nitrogens with one attached hydrogen (secondary N) is 2. The van der Waals surface area contributed by atoms with Crippen molar-refractivity contribution in [1.82, 2.24) is 25.2 Å². The lowest BCUT2D eigenvalue weighted by Gasteiger charge is -2.27. The number of nitrogens with zero attached hydrogens (tertiary/aromatic N) is 4. The summed E-state index contributed by atoms with van der Waals surface area (Å²) in [5, 5.41) is 14.9. The first-order valence-electron chi connectivity index (χ1n) is 10.4. The summed E-state index contributed by atoms with van der Waals surface area (Å²) in [7, 11) is 0. The summed E-state index contributed by atoms with van der Waals surface area (Å²) in [6.45, 7) is 1.81. The second kappa shape index (κ2) is 8.30. The lowest BCUT2D eigenvalue weighted by atomic mass is 10.0. The maximum Gasteiger partial charge on any atom is 0.264 e. The van der Waals surface area contributed by atoms with Crippen LogP contribution in [0.3, 0.4) is 0 Å². The van der Waals surface area contributed by atoms with E-state index in [-0.39, 0.29) is 36.2 Å². The fourth-order valence-electron chi connectivity index (χ4n) is 4.07. The van der Waals surface area contributed by atoms with Crippen LogP contribution in [0.4, 0.5) is 5.69 Å². The number of hydrogen-bond donors (Lipinski definition) is 2. The number of hydrogen-bond acceptors (Lipinski definition) is 8. The Morgan fingerprint density at radius 2 is 2.03 bits per heavy atom. The highest BCUT2D eigenvalue weighted by molar-refractivity contribution is 7.13. The largest absolute Gasteiger partial charge is 0.324 e. The zero-order valence-electron chi connectivity index (χ0n) is 17.9. The summed E-state index contributed by atoms with van der Waals surface area (Å²) >= 11 is 1.53. The van der Waals surface area contributed by atoms with Gasteiger partial charge in [0.25, 0.3) is 11.8 Å². The molecule has 11 nitrogen and oxygen atoms in total. The Balaban J connectivity index is 1.34. The summed E-state index contributed by atoms with van der Waals surface area (Å²) in [5.41, 5.74) is 1.97. The molecule has 1 fully saturated rings. The molecule has 5 amide bonds. The molecule has 172 valence electrons. The van der Waals surface area contributed by atoms with E-state index in [4.69, 9.17) is 0 Å². The fourth-order valence-corrected chi connectivity index (χ4v) is 4.95. The van der Waals surface area contributed by atoms with E-state index >= 15 is 0 Å². The Morgan fingerprint density at radius 3 is 2.76 bits per heavy atom. The number of rotatable bonds is 5. The maximum atomic E-state index is 13.1. The van der Waals surface area contributed by atoms with Gasteiger partial charge in [0.1, 0.15) is 18.3 Å². The molecule has 1 atom stereocenters. The number of anilines is 1. The van der Waals surface area contributed by atoms with E-state index in [0.29, 0.717) is 5.69 Å². The minimum atomic E-state index is -1.08. The lowest BCUT2D eigenvalue weighted by molar-refractivity contribution is -0.136. The van der Waals surface area contributed by atoms with Crippen molar-refractivity contribution in [2.24, 2.45) is 0 Å². The predicted octanol–water partition coefficient (Wildman–Crippen LogP) is 1.35. The van der Waals surface area contributed by atoms with Crippen LogP contribution in [0, 0.1) is 6.92 Å². The molecule has 0 bridgehead atoms. The van der Waals surface area contributed by atoms with Crippen LogP contribution < -0.4 is 10.6 Å². The summed E-state index contributed by atoms with van der Waals surface area (Å²) in [4.78, 5) is 64.2. The molecule has 1 aromatic carbocycles. The summed E-state index contributed by atoms with van der Waals surface area (Å²) in [6, 6.07) is 5.41. The number of aryl methyl sites for hydroxylation is 1. The average Bonchev–Trinajstić information content (AvgIpc) is 3.48. The number of amides is 5. The van der Waals surface area contributed by atoms with Crippen molar-refractivity contribution in [3.63, 3.8) is 0 Å². The number of imide groups is 2. The van der Waals surface area contributed by atoms with Crippen LogP contribution in [0.25, 0.3) is 10.6 Å². The molecule has 0 aliphatic carbocycles. The monoisotopic (exact) mass is 478 g/mol. The number of thiophene rings is 1. The zero-order chi connectivity index (χ0) is 24.0. The number of aromatic nitrogens is 3. The first-order chi connectivity index (χ1) is 16.3. The Bertz CT molecular complexity index is 1380. The molecule has 2 aromatic heterocycles. The van der Waals surface area contributed by atoms with E-state index in [0.717, 1.165) is 15.3 Å². The van der Waals surface area contributed by atoms with E-state index in [2.05, 4.69) is 20.9 Å². The van der Waals surface area contributed by atoms with E-state index in [1.807, 2.05) is 18.4 Å². The zero-order valence-corrected chi connectivity index (χ0v) is 18.7. The van der Waals surface area contributed by atoms with Crippen molar-refractivity contribution in [3.05, 3.63) is 52.5 Å². The van der Waals surface area contributed by atoms with E-state index in [1.165, 1.54) is 28.2 Å². The van der Waals surface area contributed by atoms with Crippen LogP contribution in [0.15, 0.2) is 35.8 Å². The molecule has 0 spiro atoms. The smallest absolute Gasteiger partial charge is 0.264 e. The number of benzene rings is 1. The van der Waals surface area contributed by atoms with E-state index < -0.39 is 35.6 Å². The predicted molar refractivity (Wildman–Crippen MR) is 120 cm³/mol. The molecule has 3 aromatic rings. The molecular weight excluding hydrogens is 460 g/mol. The summed E-state index contributed by atoms with van der Waals surface area (Å²) in [5.74, 6) is -2.94. The molecule has 1 unspecified atom stereocenters. The Hall–Kier alpha value is -4.19. The van der Waals surface area contributed by atoms with E-state index in [1.54, 1.807) is 12.3 Å². The summed E-state index contributed by atoms with van der Waals surface area (Å²) < 4.78 is 1.38. The third-order valence-corrected chi connectivity index (χ3v) is 6.72. The standard InChI is InChI=1S/C22H18N6O5S/c1-11-7-8-34-19(11)14-9-27(26-25-14)10-17(30)23-13-4-2-3-12-18(13)22(33)28(21(12)32)15-5-6-16(29)24-20(15)31/h2-4,7-9,15H,5-6,10H2,1H3,(H,23,30)(H,24,29,31). The number of carbonyl (C=O) groups is 5. The van der Waals surface area contributed by atoms with Crippen LogP contribution in [0.2, 0.25) is 0 Å². The molecule has 34 heavy (non-hydrogen) atoms. The van der Waals surface area contributed by atoms with Crippen LogP contribution in [-0.2, 0) is 20.9 Å². The van der Waals surface area contributed by atoms with Gasteiger partial charge in [0.05, 0.1) is 27.9 Å². The lowest BCUT2D eigenvalue weighted by Crippen LogP contribution is -2.54. The molecule has 1 saturated heterocycles. The molecule has 5 rings (SSSR count). The van der Waals surface area contributed by atoms with Gasteiger partial charge in [0.15, 0.2) is 0 Å². The topological polar surface area (TPSA) is 143 Å². The third-order valence-electron chi connectivity index (χ3n) is 5.68. The van der Waals surface area contributed by atoms with Gasteiger partial charge in [-0.15, -0.1) is 16.4 Å². The second-order valence-electron chi connectivity index (χ2n) is 7.96. The number of fused-ring (bicyclic) bond motifs is 1. The van der Waals surface area contributed by atoms with Crippen molar-refractivity contribution in [2.75, 3.05) is 5.32 Å². The van der Waals surface area contributed by atoms with Crippen molar-refractivity contribution < 1.29 is 24.0 Å². The van der Waals surface area contributed by atoms with Gasteiger partial charge in [0.2, 0.25) is 17.7 Å². The molecule has 12 heteroatoms. The SMILES string of the molecule is Cc1ccsc1-c1cn(CC(=O)Nc2cccc3c2C(=O)N(C2CCC(=O)NC2=O)C3=O)nn1. The first kappa shape index (κ1) is 21.6. The highest BCUT2D eigenvalue weighted by atomic mass is 32.1. The van der Waals surface area contributed by atoms with Gasteiger partial charge >= 0.3 is 0 Å². The first-order valence-corrected chi connectivity index (χ1v) is 11.3. The molecule has 0 saturated carbocycles. The molecular formula is C22H18N6O5S. The minimum Gasteiger partial charge on any atom is -0.324 e. The number of piperidine rings is 1. The van der Waals surface area contributed by atoms with Crippen molar-refractivity contribution in [3.8, 4) is 10.6 Å². The van der Waals surface area contributed by atoms with Crippen molar-refractivity contribution in [2.45, 2.75) is 32.4 Å². The molecule has 0 radical (unpaired) electrons. The summed E-state index contributed by atoms with van der Waals surface area (Å²) in [6.07, 6.45) is 1.74. The van der Waals surface area contributed by atoms with Crippen LogP contribution >= 0.6 is 11.3 Å². The Morgan fingerprint density at radius 1 is 1.21 bits per heavy atom. The van der Waals surface area contributed by atoms with Gasteiger partial charge in [-0.25, -0.2) is 4.68 Å². The average molecular weight is 478 g/mol. The van der Waals surface area contributed by atoms with Gasteiger partial charge in [-0.3, -0.25) is 34.2 Å². The minimum absolute atomic E-state index is 0.0130. The quantitative estimate of drug-likeness (QED) is 0.527. The maximum absolute atomic E-state index is 13.1. The Kier molecular flexibility index (Phi) is 5.28. The van der Waals surface area contributed by atoms with Gasteiger partial charge in [0, 0.05) is 6.42 Å². The number of carbonyl (C=O) groups excluding carboxylic acids is 5. The van der Waals surface area contributed by atoms with Gasteiger partial charge < -0.3 is 5.32 Å². The van der Waals surface area contributed by atoms with Crippen molar-refractivity contribution in [1.29, 1.82) is 0 Å². The van der Waals surface area contributed by atoms with Crippen LogP contribution in [-0.4, -0.2) is 55.5 Å². The van der Waals surface area contributed by atoms with Gasteiger partial charge in [-0.1, -0.05) is 11.3 Å². The Labute approximate surface area is 196 Å². The van der Waals surface area contributed by atoms with Crippen LogP contribution in [0.1, 0.15) is 39.1 Å². The molecule has 2 N–H and O–H groups in total. The van der Waals surface area contributed by atoms with Gasteiger partial charge in [-0.05, 0) is 42.5 Å². The van der Waals surface area contributed by atoms with Crippen LogP contribution in [0.5, 0.6) is 0 Å². The fraction of sp³-hybridized carbons (Fsp3) is 0.227. The highest BCUT2D eigenvalue weighted by Gasteiger charge is 2.45. The second-order valence-corrected chi connectivity index (χ2v) is 8.87. The molecule has 2 aliphatic rings. The van der Waals surface area contributed by atoms with E-state index in [9.17, 15) is 24.0 Å². The van der Waals surface area contributed by atoms with Gasteiger partial charge in [-0.2, -0.15) is 0 Å². The third kappa shape index (κ3) is 3.67. The van der Waals surface area contributed by atoms with Crippen molar-refractivity contribution >= 4 is 46.6 Å². The molecule has 2 aliphatic heterocycles.